The highest BCUT2D eigenvalue weighted by atomic mass is 19.4. The van der Waals surface area contributed by atoms with Crippen molar-refractivity contribution in [3.8, 4) is 11.8 Å². The average Bonchev–Trinajstić information content (AvgIpc) is 2.16. The van der Waals surface area contributed by atoms with Crippen molar-refractivity contribution in [2.45, 2.75) is 12.6 Å². The summed E-state index contributed by atoms with van der Waals surface area (Å²) in [6.07, 6.45) is -5.40. The van der Waals surface area contributed by atoms with E-state index in [1.807, 2.05) is 0 Å². The van der Waals surface area contributed by atoms with Gasteiger partial charge in [-0.2, -0.15) is 18.4 Å². The topological polar surface area (TPSA) is 33.0 Å². The molecule has 0 amide bonds. The fourth-order valence-corrected chi connectivity index (χ4v) is 1.16. The predicted octanol–water partition coefficient (Wildman–Crippen LogP) is 2.67. The predicted molar refractivity (Wildman–Crippen MR) is 47.5 cm³/mol. The van der Waals surface area contributed by atoms with Crippen LogP contribution in [0.15, 0.2) is 18.2 Å². The minimum Gasteiger partial charge on any atom is -0.497 e. The molecule has 0 unspecified atom stereocenters. The van der Waals surface area contributed by atoms with Gasteiger partial charge in [0, 0.05) is 0 Å². The molecule has 0 atom stereocenters. The van der Waals surface area contributed by atoms with Crippen LogP contribution in [0.1, 0.15) is 11.1 Å². The van der Waals surface area contributed by atoms with Crippen LogP contribution in [-0.2, 0) is 6.42 Å². The van der Waals surface area contributed by atoms with Gasteiger partial charge in [0.15, 0.2) is 0 Å². The molecule has 5 heteroatoms. The highest BCUT2D eigenvalue weighted by molar-refractivity contribution is 5.43. The SMILES string of the molecule is COc1ccc(CC(F)(F)F)c(C#N)c1. The molecular weight excluding hydrogens is 207 g/mol. The van der Waals surface area contributed by atoms with Crippen molar-refractivity contribution in [1.29, 1.82) is 5.26 Å². The quantitative estimate of drug-likeness (QED) is 0.759. The van der Waals surface area contributed by atoms with Crippen molar-refractivity contribution >= 4 is 0 Å². The Morgan fingerprint density at radius 2 is 2.07 bits per heavy atom. The summed E-state index contributed by atoms with van der Waals surface area (Å²) in [6.45, 7) is 0. The van der Waals surface area contributed by atoms with Crippen LogP contribution >= 0.6 is 0 Å². The van der Waals surface area contributed by atoms with E-state index in [2.05, 4.69) is 0 Å². The van der Waals surface area contributed by atoms with E-state index in [-0.39, 0.29) is 11.1 Å². The van der Waals surface area contributed by atoms with E-state index in [0.29, 0.717) is 5.75 Å². The van der Waals surface area contributed by atoms with Crippen molar-refractivity contribution in [3.05, 3.63) is 29.3 Å². The van der Waals surface area contributed by atoms with E-state index >= 15 is 0 Å². The van der Waals surface area contributed by atoms with E-state index in [0.717, 1.165) is 0 Å². The number of rotatable bonds is 2. The first-order chi connectivity index (χ1) is 6.96. The van der Waals surface area contributed by atoms with Crippen LogP contribution in [0.2, 0.25) is 0 Å². The maximum absolute atomic E-state index is 12.1. The number of nitriles is 1. The van der Waals surface area contributed by atoms with Gasteiger partial charge in [0.25, 0.3) is 0 Å². The van der Waals surface area contributed by atoms with E-state index in [1.165, 1.54) is 25.3 Å². The molecule has 1 aromatic carbocycles. The van der Waals surface area contributed by atoms with Gasteiger partial charge in [-0.25, -0.2) is 0 Å². The molecule has 0 radical (unpaired) electrons. The molecule has 0 saturated carbocycles. The molecule has 0 aromatic heterocycles. The fourth-order valence-electron chi connectivity index (χ4n) is 1.16. The Labute approximate surface area is 84.9 Å². The third-order valence-corrected chi connectivity index (χ3v) is 1.83. The van der Waals surface area contributed by atoms with Crippen LogP contribution in [0.4, 0.5) is 13.2 Å². The van der Waals surface area contributed by atoms with Gasteiger partial charge in [-0.15, -0.1) is 0 Å². The largest absolute Gasteiger partial charge is 0.497 e. The number of hydrogen-bond donors (Lipinski definition) is 0. The molecule has 0 aliphatic heterocycles. The van der Waals surface area contributed by atoms with Gasteiger partial charge in [0.2, 0.25) is 0 Å². The monoisotopic (exact) mass is 215 g/mol. The lowest BCUT2D eigenvalue weighted by Crippen LogP contribution is -2.12. The summed E-state index contributed by atoms with van der Waals surface area (Å²) in [5, 5.41) is 8.66. The van der Waals surface area contributed by atoms with E-state index in [4.69, 9.17) is 10.00 Å². The second-order valence-corrected chi connectivity index (χ2v) is 2.93. The molecule has 0 N–H and O–H groups in total. The minimum absolute atomic E-state index is 0.00771. The first kappa shape index (κ1) is 11.4. The van der Waals surface area contributed by atoms with Crippen LogP contribution in [-0.4, -0.2) is 13.3 Å². The van der Waals surface area contributed by atoms with Gasteiger partial charge in [-0.1, -0.05) is 6.07 Å². The summed E-state index contributed by atoms with van der Waals surface area (Å²) in [4.78, 5) is 0. The number of benzene rings is 1. The molecule has 80 valence electrons. The molecule has 1 rings (SSSR count). The summed E-state index contributed by atoms with van der Waals surface area (Å²) in [5.74, 6) is 0.373. The zero-order chi connectivity index (χ0) is 11.5. The summed E-state index contributed by atoms with van der Waals surface area (Å²) in [6, 6.07) is 5.67. The van der Waals surface area contributed by atoms with Crippen LogP contribution < -0.4 is 4.74 Å². The third-order valence-electron chi connectivity index (χ3n) is 1.83. The Morgan fingerprint density at radius 1 is 1.40 bits per heavy atom. The second-order valence-electron chi connectivity index (χ2n) is 2.93. The smallest absolute Gasteiger partial charge is 0.393 e. The standard InChI is InChI=1S/C10H8F3NO/c1-15-9-3-2-7(5-10(11,12)13)8(4-9)6-14/h2-4H,5H2,1H3. The number of hydrogen-bond acceptors (Lipinski definition) is 2. The Bertz CT molecular complexity index is 393. The van der Waals surface area contributed by atoms with Gasteiger partial charge >= 0.3 is 6.18 Å². The Kier molecular flexibility index (Phi) is 3.20. The van der Waals surface area contributed by atoms with Crippen molar-refractivity contribution in [3.63, 3.8) is 0 Å². The lowest BCUT2D eigenvalue weighted by atomic mass is 10.1. The van der Waals surface area contributed by atoms with Crippen molar-refractivity contribution < 1.29 is 17.9 Å². The maximum atomic E-state index is 12.1. The zero-order valence-electron chi connectivity index (χ0n) is 7.93. The molecule has 0 aliphatic rings. The molecule has 15 heavy (non-hydrogen) atoms. The molecule has 0 aliphatic carbocycles. The van der Waals surface area contributed by atoms with Crippen molar-refractivity contribution in [2.24, 2.45) is 0 Å². The molecular formula is C10H8F3NO. The Hall–Kier alpha value is -1.70. The van der Waals surface area contributed by atoms with Crippen LogP contribution in [0, 0.1) is 11.3 Å². The molecule has 2 nitrogen and oxygen atoms in total. The highest BCUT2D eigenvalue weighted by Gasteiger charge is 2.28. The van der Waals surface area contributed by atoms with Crippen molar-refractivity contribution in [2.75, 3.05) is 7.11 Å². The van der Waals surface area contributed by atoms with Gasteiger partial charge in [-0.05, 0) is 17.7 Å². The average molecular weight is 215 g/mol. The normalized spacial score (nSPS) is 10.9. The first-order valence-electron chi connectivity index (χ1n) is 4.10. The fraction of sp³-hybridized carbons (Fsp3) is 0.300. The number of ether oxygens (including phenoxy) is 1. The Balaban J connectivity index is 3.04. The van der Waals surface area contributed by atoms with Crippen LogP contribution in [0.3, 0.4) is 0 Å². The lowest BCUT2D eigenvalue weighted by Gasteiger charge is -2.08. The molecule has 0 heterocycles. The number of alkyl halides is 3. The van der Waals surface area contributed by atoms with Crippen LogP contribution in [0.25, 0.3) is 0 Å². The number of methoxy groups -OCH3 is 1. The highest BCUT2D eigenvalue weighted by Crippen LogP contribution is 2.25. The molecule has 1 aromatic rings. The van der Waals surface area contributed by atoms with Gasteiger partial charge in [0.1, 0.15) is 5.75 Å². The summed E-state index contributed by atoms with van der Waals surface area (Å²) in [7, 11) is 1.39. The van der Waals surface area contributed by atoms with E-state index in [9.17, 15) is 13.2 Å². The van der Waals surface area contributed by atoms with Gasteiger partial charge in [-0.3, -0.25) is 0 Å². The van der Waals surface area contributed by atoms with Crippen molar-refractivity contribution in [1.82, 2.24) is 0 Å². The number of halogens is 3. The molecule has 0 fully saturated rings. The second kappa shape index (κ2) is 4.22. The number of nitrogens with zero attached hydrogens (tertiary/aromatic N) is 1. The summed E-state index contributed by atoms with van der Waals surface area (Å²) < 4.78 is 41.1. The van der Waals surface area contributed by atoms with E-state index in [1.54, 1.807) is 6.07 Å². The summed E-state index contributed by atoms with van der Waals surface area (Å²) >= 11 is 0. The molecule has 0 saturated heterocycles. The molecule has 0 spiro atoms. The minimum atomic E-state index is -4.31. The van der Waals surface area contributed by atoms with E-state index < -0.39 is 12.6 Å². The van der Waals surface area contributed by atoms with Gasteiger partial charge < -0.3 is 4.74 Å². The third kappa shape index (κ3) is 3.17. The summed E-state index contributed by atoms with van der Waals surface area (Å²) in [5.41, 5.74) is -0.0440. The van der Waals surface area contributed by atoms with Crippen LogP contribution in [0.5, 0.6) is 5.75 Å². The first-order valence-corrected chi connectivity index (χ1v) is 4.10. The molecule has 0 bridgehead atoms. The van der Waals surface area contributed by atoms with Gasteiger partial charge in [0.05, 0.1) is 25.2 Å². The zero-order valence-corrected chi connectivity index (χ0v) is 7.93. The maximum Gasteiger partial charge on any atom is 0.393 e. The Morgan fingerprint density at radius 3 is 2.53 bits per heavy atom. The lowest BCUT2D eigenvalue weighted by molar-refractivity contribution is -0.127.